The van der Waals surface area contributed by atoms with Crippen LogP contribution in [0.1, 0.15) is 22.3 Å². The monoisotopic (exact) mass is 498 g/mol. The van der Waals surface area contributed by atoms with Crippen LogP contribution in [-0.2, 0) is 5.41 Å². The number of fused-ring (bicyclic) bond motifs is 12. The van der Waals surface area contributed by atoms with E-state index in [1.807, 2.05) is 12.1 Å². The number of phenolic OH excluding ortho intramolecular Hbond substituents is 1. The first kappa shape index (κ1) is 20.9. The van der Waals surface area contributed by atoms with Crippen LogP contribution in [0, 0.1) is 0 Å². The molecule has 1 heterocycles. The summed E-state index contributed by atoms with van der Waals surface area (Å²) in [5.74, 6) is 1.95. The Morgan fingerprint density at radius 2 is 0.897 bits per heavy atom. The van der Waals surface area contributed by atoms with Crippen LogP contribution >= 0.6 is 0 Å². The van der Waals surface area contributed by atoms with Gasteiger partial charge in [0, 0.05) is 11.1 Å². The Morgan fingerprint density at radius 1 is 0.410 bits per heavy atom. The molecule has 0 aromatic heterocycles. The first-order valence-electron chi connectivity index (χ1n) is 13.3. The minimum atomic E-state index is -0.526. The maximum atomic E-state index is 10.2. The molecule has 0 bridgehead atoms. The molecule has 0 atom stereocenters. The van der Waals surface area contributed by atoms with Gasteiger partial charge in [-0.1, -0.05) is 78.9 Å². The minimum Gasteiger partial charge on any atom is -0.508 e. The lowest BCUT2D eigenvalue weighted by molar-refractivity contribution is 0.438. The van der Waals surface area contributed by atoms with Gasteiger partial charge in [0.1, 0.15) is 17.2 Å². The van der Waals surface area contributed by atoms with E-state index < -0.39 is 5.41 Å². The highest BCUT2D eigenvalue weighted by molar-refractivity contribution is 6.01. The summed E-state index contributed by atoms with van der Waals surface area (Å²) in [6, 6.07) is 45.1. The van der Waals surface area contributed by atoms with E-state index >= 15 is 0 Å². The first-order valence-corrected chi connectivity index (χ1v) is 13.3. The predicted molar refractivity (Wildman–Crippen MR) is 158 cm³/mol. The molecule has 9 rings (SSSR count). The van der Waals surface area contributed by atoms with Crippen LogP contribution < -0.4 is 4.74 Å². The van der Waals surface area contributed by atoms with Crippen LogP contribution in [0.5, 0.6) is 17.2 Å². The van der Waals surface area contributed by atoms with E-state index in [0.29, 0.717) is 0 Å². The Kier molecular flexibility index (Phi) is 3.90. The molecule has 1 N–H and O–H groups in total. The average Bonchev–Trinajstić information content (AvgIpc) is 3.26. The molecule has 1 spiro atoms. The zero-order chi connectivity index (χ0) is 25.7. The third-order valence-corrected chi connectivity index (χ3v) is 8.71. The molecule has 2 aliphatic rings. The summed E-state index contributed by atoms with van der Waals surface area (Å²) in [4.78, 5) is 0. The molecule has 1 aliphatic heterocycles. The molecular formula is C37H22O2. The van der Waals surface area contributed by atoms with Crippen molar-refractivity contribution in [1.82, 2.24) is 0 Å². The molecule has 2 nitrogen and oxygen atoms in total. The van der Waals surface area contributed by atoms with E-state index in [4.69, 9.17) is 4.74 Å². The lowest BCUT2D eigenvalue weighted by Crippen LogP contribution is -2.32. The van der Waals surface area contributed by atoms with Crippen LogP contribution in [0.4, 0.5) is 0 Å². The van der Waals surface area contributed by atoms with Gasteiger partial charge in [-0.25, -0.2) is 0 Å². The fraction of sp³-hybridized carbons (Fsp3) is 0.0270. The van der Waals surface area contributed by atoms with Crippen LogP contribution in [0.2, 0.25) is 0 Å². The summed E-state index contributed by atoms with van der Waals surface area (Å²) < 4.78 is 6.78. The van der Waals surface area contributed by atoms with Crippen molar-refractivity contribution in [2.45, 2.75) is 5.41 Å². The molecule has 0 saturated heterocycles. The van der Waals surface area contributed by atoms with E-state index in [2.05, 4.69) is 109 Å². The Labute approximate surface area is 225 Å². The summed E-state index contributed by atoms with van der Waals surface area (Å²) in [6.07, 6.45) is 0. The van der Waals surface area contributed by atoms with Gasteiger partial charge in [0.2, 0.25) is 0 Å². The van der Waals surface area contributed by atoms with Gasteiger partial charge in [0.05, 0.1) is 5.41 Å². The fourth-order valence-corrected chi connectivity index (χ4v) is 7.07. The standard InChI is InChI=1S/C37H22O2/c38-28-14-13-24-18-33-36(21-27(24)17-28)39-35-20-26-16-23-8-2-1-7-22(23)15-25(26)19-34(35)37(33)31-11-5-3-9-29(31)30-10-4-6-12-32(30)37/h1-21,38H. The number of ether oxygens (including phenoxy) is 1. The van der Waals surface area contributed by atoms with Crippen molar-refractivity contribution in [2.24, 2.45) is 0 Å². The summed E-state index contributed by atoms with van der Waals surface area (Å²) in [7, 11) is 0. The molecule has 0 fully saturated rings. The van der Waals surface area contributed by atoms with Crippen molar-refractivity contribution in [1.29, 1.82) is 0 Å². The van der Waals surface area contributed by atoms with Gasteiger partial charge < -0.3 is 9.84 Å². The zero-order valence-corrected chi connectivity index (χ0v) is 21.0. The summed E-state index contributed by atoms with van der Waals surface area (Å²) >= 11 is 0. The van der Waals surface area contributed by atoms with E-state index in [9.17, 15) is 5.11 Å². The SMILES string of the molecule is Oc1ccc2cc3c(cc2c1)Oc1cc2cc4ccccc4cc2cc1C31c2ccccc2-c2ccccc21. The molecule has 182 valence electrons. The Morgan fingerprint density at radius 3 is 1.54 bits per heavy atom. The van der Waals surface area contributed by atoms with Gasteiger partial charge in [0.25, 0.3) is 0 Å². The molecule has 0 saturated carbocycles. The molecular weight excluding hydrogens is 476 g/mol. The maximum absolute atomic E-state index is 10.2. The van der Waals surface area contributed by atoms with Gasteiger partial charge in [-0.15, -0.1) is 0 Å². The molecule has 0 amide bonds. The number of hydrogen-bond acceptors (Lipinski definition) is 2. The van der Waals surface area contributed by atoms with Gasteiger partial charge in [-0.3, -0.25) is 0 Å². The third kappa shape index (κ3) is 2.65. The Balaban J connectivity index is 1.47. The van der Waals surface area contributed by atoms with E-state index in [0.717, 1.165) is 38.8 Å². The molecule has 0 unspecified atom stereocenters. The topological polar surface area (TPSA) is 29.5 Å². The smallest absolute Gasteiger partial charge is 0.132 e. The minimum absolute atomic E-state index is 0.253. The quantitative estimate of drug-likeness (QED) is 0.211. The summed E-state index contributed by atoms with van der Waals surface area (Å²) in [5.41, 5.74) is 6.83. The second-order valence-corrected chi connectivity index (χ2v) is 10.7. The van der Waals surface area contributed by atoms with E-state index in [-0.39, 0.29) is 5.75 Å². The molecule has 2 heteroatoms. The first-order chi connectivity index (χ1) is 19.2. The van der Waals surface area contributed by atoms with Crippen LogP contribution in [0.3, 0.4) is 0 Å². The third-order valence-electron chi connectivity index (χ3n) is 8.71. The number of benzene rings is 7. The van der Waals surface area contributed by atoms with Crippen molar-refractivity contribution in [3.8, 4) is 28.4 Å². The number of rotatable bonds is 0. The van der Waals surface area contributed by atoms with Crippen LogP contribution in [0.15, 0.2) is 127 Å². The lowest BCUT2D eigenvalue weighted by atomic mass is 9.65. The van der Waals surface area contributed by atoms with Gasteiger partial charge >= 0.3 is 0 Å². The van der Waals surface area contributed by atoms with E-state index in [1.54, 1.807) is 6.07 Å². The van der Waals surface area contributed by atoms with Crippen molar-refractivity contribution in [3.05, 3.63) is 150 Å². The predicted octanol–water partition coefficient (Wildman–Crippen LogP) is 9.32. The molecule has 1 aliphatic carbocycles. The normalized spacial score (nSPS) is 14.2. The van der Waals surface area contributed by atoms with Gasteiger partial charge in [-0.05, 0) is 103 Å². The zero-order valence-electron chi connectivity index (χ0n) is 21.0. The summed E-state index contributed by atoms with van der Waals surface area (Å²) in [6.45, 7) is 0. The van der Waals surface area contributed by atoms with Crippen molar-refractivity contribution < 1.29 is 9.84 Å². The molecule has 39 heavy (non-hydrogen) atoms. The largest absolute Gasteiger partial charge is 0.508 e. The highest BCUT2D eigenvalue weighted by atomic mass is 16.5. The Hall–Kier alpha value is -5.08. The molecule has 7 aromatic rings. The van der Waals surface area contributed by atoms with Crippen LogP contribution in [-0.4, -0.2) is 5.11 Å². The fourth-order valence-electron chi connectivity index (χ4n) is 7.07. The van der Waals surface area contributed by atoms with E-state index in [1.165, 1.54) is 38.4 Å². The van der Waals surface area contributed by atoms with Crippen molar-refractivity contribution in [2.75, 3.05) is 0 Å². The maximum Gasteiger partial charge on any atom is 0.132 e. The van der Waals surface area contributed by atoms with Crippen molar-refractivity contribution in [3.63, 3.8) is 0 Å². The van der Waals surface area contributed by atoms with Crippen LogP contribution in [0.25, 0.3) is 43.4 Å². The second-order valence-electron chi connectivity index (χ2n) is 10.7. The Bertz CT molecular complexity index is 2130. The highest BCUT2D eigenvalue weighted by Gasteiger charge is 2.51. The highest BCUT2D eigenvalue weighted by Crippen LogP contribution is 2.62. The lowest BCUT2D eigenvalue weighted by Gasteiger charge is -2.40. The summed E-state index contributed by atoms with van der Waals surface area (Å²) in [5, 5.41) is 17.1. The second kappa shape index (κ2) is 7.27. The number of hydrogen-bond donors (Lipinski definition) is 1. The number of aromatic hydroxyl groups is 1. The van der Waals surface area contributed by atoms with Crippen molar-refractivity contribution >= 4 is 32.3 Å². The molecule has 0 radical (unpaired) electrons. The van der Waals surface area contributed by atoms with Gasteiger partial charge in [-0.2, -0.15) is 0 Å². The molecule has 7 aromatic carbocycles. The van der Waals surface area contributed by atoms with Gasteiger partial charge in [0.15, 0.2) is 0 Å². The average molecular weight is 499 g/mol. The number of phenols is 1.